The minimum absolute atomic E-state index is 0.0273. The van der Waals surface area contributed by atoms with Gasteiger partial charge in [-0.25, -0.2) is 45.5 Å². The largest absolute Gasteiger partial charge is 0.465 e. The summed E-state index contributed by atoms with van der Waals surface area (Å²) in [5.41, 5.74) is -0.506. The maximum absolute atomic E-state index is 13.3. The maximum atomic E-state index is 13.3. The Balaban J connectivity index is 1.78. The van der Waals surface area contributed by atoms with Crippen molar-refractivity contribution in [1.29, 1.82) is 0 Å². The standard InChI is InChI=1S/C50H70N6O17S3/c1-3-41(58)17-24-49(31-57,34-70-45(59)4-2)32-69-33-50(35-71-46(60)21-28-54-25-18-38-5-11-42(12-6-38)74(51,63)64,36-72-47(61)22-29-55-26-19-39-7-13-43(14-8-39)75(52,65)66)37-73-48(62)23-30-56-27-20-40-9-15-44(16-10-40)76(53,67)68/h3-16,54-57H,1-2,17-37H2,(H2,51,63,64)(H2,52,65,66)(H2,53,67,68). The van der Waals surface area contributed by atoms with Gasteiger partial charge in [0.05, 0.1) is 64.6 Å². The van der Waals surface area contributed by atoms with E-state index in [2.05, 4.69) is 29.1 Å². The van der Waals surface area contributed by atoms with E-state index < -0.39 is 104 Å². The predicted molar refractivity (Wildman–Crippen MR) is 278 cm³/mol. The van der Waals surface area contributed by atoms with Crippen LogP contribution in [0.3, 0.4) is 0 Å². The Morgan fingerprint density at radius 1 is 0.474 bits per heavy atom. The molecule has 1 atom stereocenters. The molecular formula is C50H70N6O17S3. The Bertz CT molecular complexity index is 2460. The molecule has 0 spiro atoms. The first-order valence-electron chi connectivity index (χ1n) is 24.0. The fourth-order valence-electron chi connectivity index (χ4n) is 6.96. The number of aliphatic hydroxyl groups excluding tert-OH is 1. The number of carbonyl (C=O) groups is 5. The van der Waals surface area contributed by atoms with E-state index in [1.165, 1.54) is 36.4 Å². The summed E-state index contributed by atoms with van der Waals surface area (Å²) in [4.78, 5) is 64.2. The van der Waals surface area contributed by atoms with Gasteiger partial charge in [0.15, 0.2) is 5.78 Å². The molecule has 0 amide bonds. The normalized spacial score (nSPS) is 12.7. The summed E-state index contributed by atoms with van der Waals surface area (Å²) in [6, 6.07) is 18.1. The highest BCUT2D eigenvalue weighted by Crippen LogP contribution is 2.29. The summed E-state index contributed by atoms with van der Waals surface area (Å²) in [7, 11) is -11.6. The minimum atomic E-state index is -3.86. The number of benzene rings is 3. The second-order valence-corrected chi connectivity index (χ2v) is 22.6. The molecule has 3 aromatic rings. The van der Waals surface area contributed by atoms with E-state index in [0.29, 0.717) is 38.9 Å². The monoisotopic (exact) mass is 1120 g/mol. The lowest BCUT2D eigenvalue weighted by atomic mass is 9.84. The van der Waals surface area contributed by atoms with Crippen LogP contribution >= 0.6 is 0 Å². The quantitative estimate of drug-likeness (QED) is 0.0177. The molecule has 76 heavy (non-hydrogen) atoms. The Kier molecular flexibility index (Phi) is 27.2. The summed E-state index contributed by atoms with van der Waals surface area (Å²) in [5.74, 6) is -3.24. The third-order valence-electron chi connectivity index (χ3n) is 11.6. The van der Waals surface area contributed by atoms with E-state index in [0.717, 1.165) is 28.8 Å². The van der Waals surface area contributed by atoms with Crippen molar-refractivity contribution in [3.8, 4) is 0 Å². The Morgan fingerprint density at radius 3 is 1.11 bits per heavy atom. The summed E-state index contributed by atoms with van der Waals surface area (Å²) < 4.78 is 98.3. The number of hydrogen-bond donors (Lipinski definition) is 7. The van der Waals surface area contributed by atoms with Crippen molar-refractivity contribution >= 4 is 59.7 Å². The van der Waals surface area contributed by atoms with Gasteiger partial charge in [0.25, 0.3) is 0 Å². The second-order valence-electron chi connectivity index (χ2n) is 17.9. The van der Waals surface area contributed by atoms with E-state index in [1.54, 1.807) is 36.4 Å². The summed E-state index contributed by atoms with van der Waals surface area (Å²) in [6.07, 6.45) is 2.95. The number of primary sulfonamides is 3. The molecule has 0 aromatic heterocycles. The average Bonchev–Trinajstić information content (AvgIpc) is 3.38. The van der Waals surface area contributed by atoms with Crippen LogP contribution < -0.4 is 31.4 Å². The molecule has 0 heterocycles. The van der Waals surface area contributed by atoms with E-state index >= 15 is 0 Å². The van der Waals surface area contributed by atoms with Gasteiger partial charge in [0.2, 0.25) is 30.1 Å². The van der Waals surface area contributed by atoms with Gasteiger partial charge >= 0.3 is 23.9 Å². The van der Waals surface area contributed by atoms with Crippen LogP contribution in [0.4, 0.5) is 0 Å². The van der Waals surface area contributed by atoms with Crippen molar-refractivity contribution in [2.24, 2.45) is 26.2 Å². The lowest BCUT2D eigenvalue weighted by molar-refractivity contribution is -0.169. The number of nitrogens with two attached hydrogens (primary N) is 3. The topological polar surface area (TPSA) is 368 Å². The number of hydrogen-bond acceptors (Lipinski definition) is 20. The molecule has 10 N–H and O–H groups in total. The maximum Gasteiger partial charge on any atom is 0.330 e. The zero-order valence-electron chi connectivity index (χ0n) is 42.3. The molecule has 0 fully saturated rings. The van der Waals surface area contributed by atoms with Crippen molar-refractivity contribution < 1.29 is 78.0 Å². The molecule has 420 valence electrons. The van der Waals surface area contributed by atoms with Gasteiger partial charge in [-0.15, -0.1) is 0 Å². The zero-order valence-corrected chi connectivity index (χ0v) is 44.7. The fraction of sp³-hybridized carbons (Fsp3) is 0.460. The van der Waals surface area contributed by atoms with E-state index in [-0.39, 0.29) is 78.8 Å². The fourth-order valence-corrected chi connectivity index (χ4v) is 8.51. The lowest BCUT2D eigenvalue weighted by Gasteiger charge is -2.35. The van der Waals surface area contributed by atoms with Crippen LogP contribution in [0.1, 0.15) is 48.8 Å². The molecule has 0 aliphatic carbocycles. The van der Waals surface area contributed by atoms with Gasteiger partial charge in [-0.1, -0.05) is 49.6 Å². The molecule has 26 heteroatoms. The smallest absolute Gasteiger partial charge is 0.330 e. The average molecular weight is 1120 g/mol. The van der Waals surface area contributed by atoms with Crippen LogP contribution in [0, 0.1) is 10.8 Å². The summed E-state index contributed by atoms with van der Waals surface area (Å²) in [5, 5.41) is 35.5. The first-order valence-corrected chi connectivity index (χ1v) is 28.6. The molecule has 0 radical (unpaired) electrons. The number of aliphatic hydroxyl groups is 1. The van der Waals surface area contributed by atoms with Gasteiger partial charge < -0.3 is 44.7 Å². The molecule has 0 aliphatic rings. The van der Waals surface area contributed by atoms with Crippen LogP contribution in [-0.2, 0) is 97.0 Å². The minimum Gasteiger partial charge on any atom is -0.465 e. The first kappa shape index (κ1) is 64.5. The third-order valence-corrected chi connectivity index (χ3v) is 14.4. The molecule has 1 unspecified atom stereocenters. The number of carbonyl (C=O) groups excluding carboxylic acids is 5. The van der Waals surface area contributed by atoms with E-state index in [9.17, 15) is 54.3 Å². The SMILES string of the molecule is C=CC(=O)CCC(CO)(COCC(COC(=O)CCNCCc1ccc(S(N)(=O)=O)cc1)(COC(=O)CCNCCc1ccc(S(N)(=O)=O)cc1)COC(=O)CCNCCc1ccc(S(N)(=O)=O)cc1)COC(=O)C=C. The van der Waals surface area contributed by atoms with Crippen LogP contribution in [0.25, 0.3) is 0 Å². The molecular weight excluding hydrogens is 1050 g/mol. The van der Waals surface area contributed by atoms with Crippen molar-refractivity contribution in [2.45, 2.75) is 66.1 Å². The molecule has 3 aromatic carbocycles. The number of nitrogens with one attached hydrogen (secondary N) is 3. The molecule has 0 aliphatic heterocycles. The van der Waals surface area contributed by atoms with Crippen LogP contribution in [0.2, 0.25) is 0 Å². The number of esters is 4. The Hall–Kier alpha value is -5.78. The van der Waals surface area contributed by atoms with Crippen LogP contribution in [0.15, 0.2) is 113 Å². The first-order chi connectivity index (χ1) is 35.9. The highest BCUT2D eigenvalue weighted by Gasteiger charge is 2.39. The molecule has 0 saturated heterocycles. The number of rotatable bonds is 39. The third kappa shape index (κ3) is 24.9. The highest BCUT2D eigenvalue weighted by atomic mass is 32.2. The van der Waals surface area contributed by atoms with Crippen molar-refractivity contribution in [1.82, 2.24) is 16.0 Å². The molecule has 23 nitrogen and oxygen atoms in total. The molecule has 3 rings (SSSR count). The zero-order chi connectivity index (χ0) is 56.3. The van der Waals surface area contributed by atoms with Crippen molar-refractivity contribution in [3.05, 3.63) is 115 Å². The van der Waals surface area contributed by atoms with Crippen molar-refractivity contribution in [3.63, 3.8) is 0 Å². The van der Waals surface area contributed by atoms with Gasteiger partial charge in [-0.3, -0.25) is 19.2 Å². The highest BCUT2D eigenvalue weighted by molar-refractivity contribution is 7.89. The van der Waals surface area contributed by atoms with Crippen molar-refractivity contribution in [2.75, 3.05) is 85.5 Å². The Morgan fingerprint density at radius 2 is 0.803 bits per heavy atom. The number of allylic oxidation sites excluding steroid dienone is 1. The Labute approximate surface area is 444 Å². The number of sulfonamides is 3. The van der Waals surface area contributed by atoms with E-state index in [4.69, 9.17) is 39.1 Å². The van der Waals surface area contributed by atoms with Crippen LogP contribution in [-0.4, -0.2) is 146 Å². The summed E-state index contributed by atoms with van der Waals surface area (Å²) >= 11 is 0. The van der Waals surface area contributed by atoms with Gasteiger partial charge in [0.1, 0.15) is 26.4 Å². The van der Waals surface area contributed by atoms with E-state index in [1.807, 2.05) is 0 Å². The lowest BCUT2D eigenvalue weighted by Crippen LogP contribution is -2.45. The van der Waals surface area contributed by atoms with Crippen LogP contribution in [0.5, 0.6) is 0 Å². The molecule has 0 bridgehead atoms. The second kappa shape index (κ2) is 32.1. The van der Waals surface area contributed by atoms with Gasteiger partial charge in [0, 0.05) is 32.1 Å². The predicted octanol–water partition coefficient (Wildman–Crippen LogP) is 0.472. The summed E-state index contributed by atoms with van der Waals surface area (Å²) in [6.45, 7) is 5.23. The molecule has 0 saturated carbocycles. The van der Waals surface area contributed by atoms with Gasteiger partial charge in [-0.2, -0.15) is 0 Å². The number of ketones is 1. The number of ether oxygens (including phenoxy) is 5. The van der Waals surface area contributed by atoms with Gasteiger partial charge in [-0.05, 0) is 104 Å².